The van der Waals surface area contributed by atoms with Crippen LogP contribution < -0.4 is 0 Å². The zero-order valence-electron chi connectivity index (χ0n) is 11.3. The van der Waals surface area contributed by atoms with Crippen molar-refractivity contribution < 1.29 is 5.11 Å². The van der Waals surface area contributed by atoms with E-state index in [1.807, 2.05) is 12.1 Å². The Morgan fingerprint density at radius 2 is 1.95 bits per heavy atom. The summed E-state index contributed by atoms with van der Waals surface area (Å²) in [4.78, 5) is 2.53. The largest absolute Gasteiger partial charge is 0.506 e. The predicted molar refractivity (Wildman–Crippen MR) is 86.5 cm³/mol. The molecule has 1 fully saturated rings. The summed E-state index contributed by atoms with van der Waals surface area (Å²) < 4.78 is 1.77. The van der Waals surface area contributed by atoms with Crippen LogP contribution in [0.4, 0.5) is 0 Å². The van der Waals surface area contributed by atoms with E-state index in [1.165, 1.54) is 25.7 Å². The third kappa shape index (κ3) is 3.96. The fourth-order valence-electron chi connectivity index (χ4n) is 2.91. The van der Waals surface area contributed by atoms with Gasteiger partial charge >= 0.3 is 0 Å². The molecule has 0 radical (unpaired) electrons. The minimum atomic E-state index is 0.377. The Labute approximate surface area is 132 Å². The highest BCUT2D eigenvalue weighted by molar-refractivity contribution is 9.11. The van der Waals surface area contributed by atoms with E-state index < -0.39 is 0 Å². The molecule has 2 nitrogen and oxygen atoms in total. The molecule has 1 aliphatic rings. The number of phenols is 1. The van der Waals surface area contributed by atoms with Crippen molar-refractivity contribution in [1.82, 2.24) is 4.90 Å². The van der Waals surface area contributed by atoms with Crippen LogP contribution in [0.25, 0.3) is 0 Å². The molecule has 0 amide bonds. The molecule has 0 saturated heterocycles. The topological polar surface area (TPSA) is 23.5 Å². The molecule has 1 aromatic carbocycles. The Hall–Kier alpha value is -0.0600. The van der Waals surface area contributed by atoms with E-state index in [2.05, 4.69) is 43.7 Å². The lowest BCUT2D eigenvalue weighted by Gasteiger charge is -2.29. The maximum atomic E-state index is 10.2. The van der Waals surface area contributed by atoms with Gasteiger partial charge in [0.25, 0.3) is 0 Å². The standard InChI is InChI=1S/C15H21Br2NO/c1-2-7-18(13-5-3-4-6-13)10-11-8-12(16)9-14(17)15(11)19/h8-9,13,19H,2-7,10H2,1H3. The van der Waals surface area contributed by atoms with E-state index in [9.17, 15) is 5.11 Å². The van der Waals surface area contributed by atoms with Gasteiger partial charge in [0.1, 0.15) is 5.75 Å². The molecular weight excluding hydrogens is 370 g/mol. The number of halogens is 2. The van der Waals surface area contributed by atoms with Gasteiger partial charge in [-0.2, -0.15) is 0 Å². The minimum absolute atomic E-state index is 0.377. The van der Waals surface area contributed by atoms with Crippen LogP contribution in [0.2, 0.25) is 0 Å². The first kappa shape index (κ1) is 15.3. The summed E-state index contributed by atoms with van der Waals surface area (Å²) in [6.45, 7) is 4.16. The van der Waals surface area contributed by atoms with Crippen LogP contribution in [0.5, 0.6) is 5.75 Å². The van der Waals surface area contributed by atoms with Crippen molar-refractivity contribution >= 4 is 31.9 Å². The van der Waals surface area contributed by atoms with Crippen LogP contribution in [-0.4, -0.2) is 22.6 Å². The summed E-state index contributed by atoms with van der Waals surface area (Å²) in [5.41, 5.74) is 1.00. The van der Waals surface area contributed by atoms with Crippen molar-refractivity contribution in [1.29, 1.82) is 0 Å². The quantitative estimate of drug-likeness (QED) is 0.758. The molecule has 0 bridgehead atoms. The zero-order chi connectivity index (χ0) is 13.8. The first-order valence-corrected chi connectivity index (χ1v) is 8.61. The molecule has 1 N–H and O–H groups in total. The monoisotopic (exact) mass is 389 g/mol. The van der Waals surface area contributed by atoms with Crippen LogP contribution in [0, 0.1) is 0 Å². The smallest absolute Gasteiger partial charge is 0.134 e. The van der Waals surface area contributed by atoms with Gasteiger partial charge in [0.2, 0.25) is 0 Å². The second kappa shape index (κ2) is 7.09. The van der Waals surface area contributed by atoms with E-state index in [-0.39, 0.29) is 0 Å². The molecule has 0 heterocycles. The SMILES string of the molecule is CCCN(Cc1cc(Br)cc(Br)c1O)C1CCCC1. The summed E-state index contributed by atoms with van der Waals surface area (Å²) in [5.74, 6) is 0.377. The van der Waals surface area contributed by atoms with Gasteiger partial charge in [-0.15, -0.1) is 0 Å². The summed E-state index contributed by atoms with van der Waals surface area (Å²) in [7, 11) is 0. The number of hydrogen-bond donors (Lipinski definition) is 1. The molecule has 106 valence electrons. The number of phenolic OH excluding ortho intramolecular Hbond substituents is 1. The molecule has 19 heavy (non-hydrogen) atoms. The Morgan fingerprint density at radius 3 is 2.58 bits per heavy atom. The van der Waals surface area contributed by atoms with Crippen LogP contribution in [-0.2, 0) is 6.54 Å². The lowest BCUT2D eigenvalue weighted by atomic mass is 10.1. The average Bonchev–Trinajstić information content (AvgIpc) is 2.88. The van der Waals surface area contributed by atoms with Crippen LogP contribution in [0.1, 0.15) is 44.6 Å². The van der Waals surface area contributed by atoms with Crippen molar-refractivity contribution in [3.8, 4) is 5.75 Å². The average molecular weight is 391 g/mol. The first-order chi connectivity index (χ1) is 9.11. The molecule has 1 saturated carbocycles. The Kier molecular flexibility index (Phi) is 5.72. The van der Waals surface area contributed by atoms with Gasteiger partial charge in [-0.3, -0.25) is 4.90 Å². The van der Waals surface area contributed by atoms with Gasteiger partial charge in [0, 0.05) is 22.6 Å². The summed E-state index contributed by atoms with van der Waals surface area (Å²) >= 11 is 6.91. The molecule has 0 spiro atoms. The normalized spacial score (nSPS) is 16.4. The molecule has 0 atom stereocenters. The van der Waals surface area contributed by atoms with E-state index >= 15 is 0 Å². The van der Waals surface area contributed by atoms with Crippen LogP contribution in [0.15, 0.2) is 21.1 Å². The van der Waals surface area contributed by atoms with E-state index in [4.69, 9.17) is 0 Å². The first-order valence-electron chi connectivity index (χ1n) is 7.02. The van der Waals surface area contributed by atoms with E-state index in [1.54, 1.807) is 0 Å². The summed E-state index contributed by atoms with van der Waals surface area (Å²) in [5, 5.41) is 10.2. The molecular formula is C15H21Br2NO. The highest BCUT2D eigenvalue weighted by Gasteiger charge is 2.23. The molecule has 2 rings (SSSR count). The third-order valence-electron chi connectivity index (χ3n) is 3.83. The number of benzene rings is 1. The number of rotatable bonds is 5. The fourth-order valence-corrected chi connectivity index (χ4v) is 4.22. The Balaban J connectivity index is 2.16. The maximum Gasteiger partial charge on any atom is 0.134 e. The Bertz CT molecular complexity index is 430. The van der Waals surface area contributed by atoms with Crippen LogP contribution >= 0.6 is 31.9 Å². The van der Waals surface area contributed by atoms with Crippen molar-refractivity contribution in [3.05, 3.63) is 26.6 Å². The molecule has 0 unspecified atom stereocenters. The number of aromatic hydroxyl groups is 1. The molecule has 4 heteroatoms. The number of hydrogen-bond acceptors (Lipinski definition) is 2. The van der Waals surface area contributed by atoms with Gasteiger partial charge in [0.15, 0.2) is 0 Å². The summed E-state index contributed by atoms with van der Waals surface area (Å²) in [6, 6.07) is 4.60. The minimum Gasteiger partial charge on any atom is -0.506 e. The van der Waals surface area contributed by atoms with Crippen molar-refractivity contribution in [2.45, 2.75) is 51.6 Å². The van der Waals surface area contributed by atoms with Gasteiger partial charge in [-0.1, -0.05) is 35.7 Å². The molecule has 1 aliphatic carbocycles. The predicted octanol–water partition coefficient (Wildman–Crippen LogP) is 5.07. The molecule has 0 aromatic heterocycles. The van der Waals surface area contributed by atoms with Crippen molar-refractivity contribution in [2.75, 3.05) is 6.54 Å². The lowest BCUT2D eigenvalue weighted by Crippen LogP contribution is -2.33. The van der Waals surface area contributed by atoms with E-state index in [0.29, 0.717) is 11.8 Å². The van der Waals surface area contributed by atoms with E-state index in [0.717, 1.165) is 34.0 Å². The van der Waals surface area contributed by atoms with Gasteiger partial charge in [-0.05, 0) is 53.9 Å². The lowest BCUT2D eigenvalue weighted by molar-refractivity contribution is 0.188. The second-order valence-electron chi connectivity index (χ2n) is 5.30. The number of nitrogens with zero attached hydrogens (tertiary/aromatic N) is 1. The second-order valence-corrected chi connectivity index (χ2v) is 7.07. The van der Waals surface area contributed by atoms with Gasteiger partial charge in [0.05, 0.1) is 4.47 Å². The summed E-state index contributed by atoms with van der Waals surface area (Å²) in [6.07, 6.45) is 6.45. The highest BCUT2D eigenvalue weighted by Crippen LogP contribution is 2.34. The maximum absolute atomic E-state index is 10.2. The van der Waals surface area contributed by atoms with Crippen LogP contribution in [0.3, 0.4) is 0 Å². The highest BCUT2D eigenvalue weighted by atomic mass is 79.9. The van der Waals surface area contributed by atoms with Gasteiger partial charge in [-0.25, -0.2) is 0 Å². The zero-order valence-corrected chi connectivity index (χ0v) is 14.5. The Morgan fingerprint density at radius 1 is 1.26 bits per heavy atom. The fraction of sp³-hybridized carbons (Fsp3) is 0.600. The molecule has 1 aromatic rings. The van der Waals surface area contributed by atoms with Gasteiger partial charge < -0.3 is 5.11 Å². The van der Waals surface area contributed by atoms with Crippen molar-refractivity contribution in [2.24, 2.45) is 0 Å². The third-order valence-corrected chi connectivity index (χ3v) is 4.89. The molecule has 0 aliphatic heterocycles. The van der Waals surface area contributed by atoms with Crippen molar-refractivity contribution in [3.63, 3.8) is 0 Å².